The third-order valence-corrected chi connectivity index (χ3v) is 7.32. The molecule has 2 saturated heterocycles. The van der Waals surface area contributed by atoms with Gasteiger partial charge in [-0.15, -0.1) is 10.2 Å². The molecule has 4 N–H and O–H groups in total. The molecule has 0 unspecified atom stereocenters. The van der Waals surface area contributed by atoms with Crippen LogP contribution in [0.25, 0.3) is 11.0 Å². The maximum atomic E-state index is 8.65. The fourth-order valence-electron chi connectivity index (χ4n) is 5.41. The molecule has 0 saturated carbocycles. The minimum atomic E-state index is 0.198. The number of rotatable bonds is 4. The highest BCUT2D eigenvalue weighted by Gasteiger charge is 2.26. The summed E-state index contributed by atoms with van der Waals surface area (Å²) in [6, 6.07) is 11.9. The standard InChI is InChI=1S/C27H29N11/c28-18-17-19(29)25(31-23-21-10-2-4-16-38(21)34-27(23)36-13-7-8-14-36)32-24(18)30-22-20-9-1-3-15-37(20)33-26(22)35-11-5-6-12-35/h1-4,9-10,15-17,28H,5-8,11-14,29H2,(H,30,31,32). The number of hydrogen-bond acceptors (Lipinski definition) is 8. The van der Waals surface area contributed by atoms with Crippen molar-refractivity contribution in [2.75, 3.05) is 41.3 Å². The van der Waals surface area contributed by atoms with Crippen molar-refractivity contribution >= 4 is 51.4 Å². The summed E-state index contributed by atoms with van der Waals surface area (Å²) < 4.78 is 3.71. The molecule has 3 aliphatic rings. The van der Waals surface area contributed by atoms with Crippen LogP contribution in [0.5, 0.6) is 0 Å². The van der Waals surface area contributed by atoms with Crippen LogP contribution in [0.2, 0.25) is 0 Å². The van der Waals surface area contributed by atoms with Crippen LogP contribution in [0.3, 0.4) is 0 Å². The Morgan fingerprint density at radius 2 is 1.42 bits per heavy atom. The highest BCUT2D eigenvalue weighted by atomic mass is 15.4. The number of dihydropyridines is 1. The summed E-state index contributed by atoms with van der Waals surface area (Å²) in [6.45, 7) is 3.80. The fraction of sp³-hybridized carbons (Fsp3) is 0.296. The summed E-state index contributed by atoms with van der Waals surface area (Å²) >= 11 is 0. The Balaban J connectivity index is 1.32. The zero-order valence-electron chi connectivity index (χ0n) is 21.0. The fourth-order valence-corrected chi connectivity index (χ4v) is 5.41. The van der Waals surface area contributed by atoms with Crippen molar-refractivity contribution in [2.24, 2.45) is 15.7 Å². The van der Waals surface area contributed by atoms with Crippen molar-refractivity contribution in [3.05, 3.63) is 60.6 Å². The molecule has 0 aliphatic carbocycles. The van der Waals surface area contributed by atoms with Crippen molar-refractivity contribution in [1.29, 1.82) is 5.41 Å². The maximum absolute atomic E-state index is 8.65. The van der Waals surface area contributed by atoms with Gasteiger partial charge in [0.05, 0.1) is 22.4 Å². The second-order valence-corrected chi connectivity index (χ2v) is 9.85. The highest BCUT2D eigenvalue weighted by molar-refractivity contribution is 6.52. The Morgan fingerprint density at radius 1 is 0.816 bits per heavy atom. The summed E-state index contributed by atoms with van der Waals surface area (Å²) in [5.41, 5.74) is 10.3. The van der Waals surface area contributed by atoms with Gasteiger partial charge < -0.3 is 20.9 Å². The lowest BCUT2D eigenvalue weighted by Gasteiger charge is -2.19. The molecule has 0 radical (unpaired) electrons. The maximum Gasteiger partial charge on any atom is 0.178 e. The molecule has 38 heavy (non-hydrogen) atoms. The summed E-state index contributed by atoms with van der Waals surface area (Å²) in [5, 5.41) is 21.7. The van der Waals surface area contributed by atoms with Crippen LogP contribution in [0, 0.1) is 5.41 Å². The average molecular weight is 508 g/mol. The van der Waals surface area contributed by atoms with Crippen LogP contribution in [0.4, 0.5) is 23.0 Å². The van der Waals surface area contributed by atoms with E-state index in [1.807, 2.05) is 57.8 Å². The monoisotopic (exact) mass is 507 g/mol. The molecule has 11 nitrogen and oxygen atoms in total. The van der Waals surface area contributed by atoms with Crippen molar-refractivity contribution in [3.8, 4) is 0 Å². The average Bonchev–Trinajstić information content (AvgIpc) is 3.73. The van der Waals surface area contributed by atoms with E-state index < -0.39 is 0 Å². The number of aromatic nitrogens is 4. The highest BCUT2D eigenvalue weighted by Crippen LogP contribution is 2.36. The Kier molecular flexibility index (Phi) is 5.34. The van der Waals surface area contributed by atoms with Gasteiger partial charge in [0.2, 0.25) is 0 Å². The van der Waals surface area contributed by atoms with E-state index in [-0.39, 0.29) is 5.71 Å². The molecule has 0 bridgehead atoms. The Bertz CT molecular complexity index is 1640. The number of fused-ring (bicyclic) bond motifs is 2. The number of nitrogens with one attached hydrogen (secondary N) is 2. The van der Waals surface area contributed by atoms with E-state index in [4.69, 9.17) is 31.3 Å². The second kappa shape index (κ2) is 9.02. The smallest absolute Gasteiger partial charge is 0.178 e. The molecule has 0 aromatic carbocycles. The van der Waals surface area contributed by atoms with Crippen LogP contribution in [-0.2, 0) is 0 Å². The van der Waals surface area contributed by atoms with Crippen LogP contribution in [-0.4, -0.2) is 62.8 Å². The van der Waals surface area contributed by atoms with Gasteiger partial charge >= 0.3 is 0 Å². The van der Waals surface area contributed by atoms with Gasteiger partial charge in [-0.2, -0.15) is 0 Å². The molecule has 0 spiro atoms. The molecule has 4 aromatic rings. The lowest BCUT2D eigenvalue weighted by Crippen LogP contribution is -2.30. The molecule has 7 rings (SSSR count). The van der Waals surface area contributed by atoms with E-state index >= 15 is 0 Å². The third-order valence-electron chi connectivity index (χ3n) is 7.32. The van der Waals surface area contributed by atoms with Gasteiger partial charge in [0.15, 0.2) is 23.3 Å². The van der Waals surface area contributed by atoms with Crippen molar-refractivity contribution in [2.45, 2.75) is 25.7 Å². The number of hydrogen-bond donors (Lipinski definition) is 3. The van der Waals surface area contributed by atoms with Crippen LogP contribution in [0.1, 0.15) is 25.7 Å². The van der Waals surface area contributed by atoms with Crippen LogP contribution >= 0.6 is 0 Å². The first-order chi connectivity index (χ1) is 18.7. The molecule has 3 aliphatic heterocycles. The van der Waals surface area contributed by atoms with Gasteiger partial charge in [-0.25, -0.2) is 19.0 Å². The number of pyridine rings is 2. The molecular formula is C27H29N11. The lowest BCUT2D eigenvalue weighted by atomic mass is 10.2. The van der Waals surface area contributed by atoms with Gasteiger partial charge in [0.25, 0.3) is 0 Å². The summed E-state index contributed by atoms with van der Waals surface area (Å²) in [5.74, 6) is 2.45. The zero-order chi connectivity index (χ0) is 25.6. The predicted molar refractivity (Wildman–Crippen MR) is 151 cm³/mol. The summed E-state index contributed by atoms with van der Waals surface area (Å²) in [7, 11) is 0. The van der Waals surface area contributed by atoms with Crippen molar-refractivity contribution in [3.63, 3.8) is 0 Å². The number of anilines is 3. The van der Waals surface area contributed by atoms with Gasteiger partial charge in [-0.3, -0.25) is 5.41 Å². The predicted octanol–water partition coefficient (Wildman–Crippen LogP) is 3.60. The first-order valence-electron chi connectivity index (χ1n) is 13.1. The largest absolute Gasteiger partial charge is 0.396 e. The number of amidine groups is 2. The molecule has 7 heterocycles. The number of aliphatic imine (C=N–C) groups is 2. The molecule has 2 fully saturated rings. The summed E-state index contributed by atoms with van der Waals surface area (Å²) in [4.78, 5) is 14.3. The van der Waals surface area contributed by atoms with E-state index in [1.165, 1.54) is 0 Å². The van der Waals surface area contributed by atoms with E-state index in [9.17, 15) is 0 Å². The molecular weight excluding hydrogens is 478 g/mol. The first-order valence-corrected chi connectivity index (χ1v) is 13.1. The Morgan fingerprint density at radius 3 is 2.13 bits per heavy atom. The lowest BCUT2D eigenvalue weighted by molar-refractivity contribution is 0.884. The first kappa shape index (κ1) is 22.5. The van der Waals surface area contributed by atoms with Crippen molar-refractivity contribution in [1.82, 2.24) is 19.2 Å². The molecule has 0 atom stereocenters. The number of nitrogens with two attached hydrogens (primary N) is 1. The number of nitrogens with zero attached hydrogens (tertiary/aromatic N) is 8. The van der Waals surface area contributed by atoms with E-state index in [2.05, 4.69) is 15.1 Å². The normalized spacial score (nSPS) is 19.2. The van der Waals surface area contributed by atoms with Crippen LogP contribution in [0.15, 0.2) is 70.5 Å². The van der Waals surface area contributed by atoms with E-state index in [1.54, 1.807) is 6.08 Å². The Labute approximate surface area is 219 Å². The zero-order valence-corrected chi connectivity index (χ0v) is 21.0. The van der Waals surface area contributed by atoms with Gasteiger partial charge in [-0.05, 0) is 56.0 Å². The van der Waals surface area contributed by atoms with Crippen molar-refractivity contribution < 1.29 is 0 Å². The van der Waals surface area contributed by atoms with Crippen LogP contribution < -0.4 is 20.9 Å². The third kappa shape index (κ3) is 3.78. The van der Waals surface area contributed by atoms with Gasteiger partial charge in [0.1, 0.15) is 11.4 Å². The SMILES string of the molecule is N=C1C=C(N)C(=Nc2c(N3CCCC3)nn3ccccc23)N=C1Nc1c(N2CCCC2)nn2ccccc12. The summed E-state index contributed by atoms with van der Waals surface area (Å²) in [6.07, 6.45) is 10.0. The molecule has 0 amide bonds. The minimum Gasteiger partial charge on any atom is -0.396 e. The van der Waals surface area contributed by atoms with E-state index in [0.29, 0.717) is 17.4 Å². The molecule has 11 heteroatoms. The molecule has 192 valence electrons. The molecule has 4 aromatic heterocycles. The quantitative estimate of drug-likeness (QED) is 0.387. The second-order valence-electron chi connectivity index (χ2n) is 9.85. The topological polar surface area (TPSA) is 128 Å². The Hall–Kier alpha value is -4.67. The van der Waals surface area contributed by atoms with E-state index in [0.717, 1.165) is 85.9 Å². The van der Waals surface area contributed by atoms with Gasteiger partial charge in [-0.1, -0.05) is 12.1 Å². The van der Waals surface area contributed by atoms with Gasteiger partial charge in [0, 0.05) is 38.6 Å². The minimum absolute atomic E-state index is 0.198.